The molecule has 2 aromatic rings. The van der Waals surface area contributed by atoms with E-state index in [0.717, 1.165) is 25.2 Å². The molecular formula is C16H19N3OS. The summed E-state index contributed by atoms with van der Waals surface area (Å²) in [6, 6.07) is 8.54. The summed E-state index contributed by atoms with van der Waals surface area (Å²) in [4.78, 5) is 19.2. The van der Waals surface area contributed by atoms with Crippen molar-refractivity contribution in [1.82, 2.24) is 10.3 Å². The van der Waals surface area contributed by atoms with Crippen molar-refractivity contribution in [3.63, 3.8) is 0 Å². The molecule has 3 rings (SSSR count). The highest BCUT2D eigenvalue weighted by molar-refractivity contribution is 7.11. The molecule has 21 heavy (non-hydrogen) atoms. The minimum absolute atomic E-state index is 0.0136. The Bertz CT molecular complexity index is 638. The van der Waals surface area contributed by atoms with Crippen LogP contribution >= 0.6 is 11.3 Å². The highest BCUT2D eigenvalue weighted by Crippen LogP contribution is 2.26. The summed E-state index contributed by atoms with van der Waals surface area (Å²) in [5, 5.41) is 2.99. The zero-order valence-electron chi connectivity index (χ0n) is 12.1. The van der Waals surface area contributed by atoms with E-state index in [0.29, 0.717) is 11.4 Å². The van der Waals surface area contributed by atoms with Crippen molar-refractivity contribution in [2.75, 3.05) is 24.5 Å². The van der Waals surface area contributed by atoms with Crippen molar-refractivity contribution >= 4 is 22.9 Å². The lowest BCUT2D eigenvalue weighted by Crippen LogP contribution is -2.37. The Labute approximate surface area is 128 Å². The lowest BCUT2D eigenvalue weighted by Gasteiger charge is -2.31. The highest BCUT2D eigenvalue weighted by Gasteiger charge is 2.16. The van der Waals surface area contributed by atoms with Crippen LogP contribution in [-0.2, 0) is 6.42 Å². The molecule has 0 aliphatic carbocycles. The summed E-state index contributed by atoms with van der Waals surface area (Å²) in [6.45, 7) is 4.43. The van der Waals surface area contributed by atoms with Gasteiger partial charge in [0.15, 0.2) is 0 Å². The van der Waals surface area contributed by atoms with Crippen molar-refractivity contribution in [3.05, 3.63) is 45.9 Å². The number of carbonyl (C=O) groups is 1. The zero-order chi connectivity index (χ0) is 14.7. The lowest BCUT2D eigenvalue weighted by molar-refractivity contribution is 0.0958. The second kappa shape index (κ2) is 6.26. The third-order valence-electron chi connectivity index (χ3n) is 3.83. The van der Waals surface area contributed by atoms with Crippen LogP contribution < -0.4 is 10.2 Å². The molecule has 0 fully saturated rings. The van der Waals surface area contributed by atoms with E-state index in [1.54, 1.807) is 5.51 Å². The SMILES string of the molecule is Cc1ncsc1C(=O)NCCN1CCCc2ccccc21. The molecule has 1 aliphatic rings. The fraction of sp³-hybridized carbons (Fsp3) is 0.375. The van der Waals surface area contributed by atoms with Gasteiger partial charge in [-0.25, -0.2) is 4.98 Å². The maximum atomic E-state index is 12.1. The first-order valence-corrected chi connectivity index (χ1v) is 8.15. The van der Waals surface area contributed by atoms with E-state index < -0.39 is 0 Å². The van der Waals surface area contributed by atoms with Crippen LogP contribution in [-0.4, -0.2) is 30.5 Å². The summed E-state index contributed by atoms with van der Waals surface area (Å²) >= 11 is 1.40. The average Bonchev–Trinajstić information content (AvgIpc) is 2.93. The smallest absolute Gasteiger partial charge is 0.263 e. The summed E-state index contributed by atoms with van der Waals surface area (Å²) in [6.07, 6.45) is 2.33. The fourth-order valence-electron chi connectivity index (χ4n) is 2.75. The van der Waals surface area contributed by atoms with Gasteiger partial charge in [-0.05, 0) is 31.4 Å². The molecule has 0 radical (unpaired) electrons. The Hall–Kier alpha value is -1.88. The van der Waals surface area contributed by atoms with Gasteiger partial charge >= 0.3 is 0 Å². The Balaban J connectivity index is 1.57. The predicted molar refractivity (Wildman–Crippen MR) is 86.2 cm³/mol. The van der Waals surface area contributed by atoms with Gasteiger partial charge in [0, 0.05) is 25.3 Å². The molecule has 0 atom stereocenters. The maximum absolute atomic E-state index is 12.1. The van der Waals surface area contributed by atoms with Crippen LogP contribution in [0, 0.1) is 6.92 Å². The Morgan fingerprint density at radius 3 is 3.10 bits per heavy atom. The van der Waals surface area contributed by atoms with Gasteiger partial charge in [0.05, 0.1) is 11.2 Å². The number of anilines is 1. The predicted octanol–water partition coefficient (Wildman–Crippen LogP) is 2.63. The van der Waals surface area contributed by atoms with Gasteiger partial charge in [-0.15, -0.1) is 11.3 Å². The molecule has 0 saturated carbocycles. The molecule has 110 valence electrons. The molecule has 2 heterocycles. The van der Waals surface area contributed by atoms with Crippen molar-refractivity contribution in [1.29, 1.82) is 0 Å². The van der Waals surface area contributed by atoms with E-state index >= 15 is 0 Å². The number of nitrogens with one attached hydrogen (secondary N) is 1. The number of benzene rings is 1. The summed E-state index contributed by atoms with van der Waals surface area (Å²) in [5.74, 6) is -0.0136. The Morgan fingerprint density at radius 1 is 1.43 bits per heavy atom. The van der Waals surface area contributed by atoms with Gasteiger partial charge in [-0.2, -0.15) is 0 Å². The van der Waals surface area contributed by atoms with E-state index in [-0.39, 0.29) is 5.91 Å². The minimum atomic E-state index is -0.0136. The topological polar surface area (TPSA) is 45.2 Å². The van der Waals surface area contributed by atoms with E-state index in [1.165, 1.54) is 29.0 Å². The van der Waals surface area contributed by atoms with Gasteiger partial charge in [-0.1, -0.05) is 18.2 Å². The number of nitrogens with zero attached hydrogens (tertiary/aromatic N) is 2. The third kappa shape index (κ3) is 3.08. The Morgan fingerprint density at radius 2 is 2.29 bits per heavy atom. The van der Waals surface area contributed by atoms with Gasteiger partial charge in [-0.3, -0.25) is 4.79 Å². The van der Waals surface area contributed by atoms with Crippen LogP contribution in [0.25, 0.3) is 0 Å². The van der Waals surface area contributed by atoms with Crippen molar-refractivity contribution < 1.29 is 4.79 Å². The number of carbonyl (C=O) groups excluding carboxylic acids is 1. The first kappa shape index (κ1) is 14.1. The quantitative estimate of drug-likeness (QED) is 0.944. The third-order valence-corrected chi connectivity index (χ3v) is 4.75. The monoisotopic (exact) mass is 301 g/mol. The van der Waals surface area contributed by atoms with Gasteiger partial charge < -0.3 is 10.2 Å². The van der Waals surface area contributed by atoms with Gasteiger partial charge in [0.25, 0.3) is 5.91 Å². The number of thiazole rings is 1. The van der Waals surface area contributed by atoms with Crippen LogP contribution in [0.4, 0.5) is 5.69 Å². The molecular weight excluding hydrogens is 282 g/mol. The summed E-state index contributed by atoms with van der Waals surface area (Å²) in [5.41, 5.74) is 5.24. The zero-order valence-corrected chi connectivity index (χ0v) is 12.9. The molecule has 1 amide bonds. The molecule has 0 saturated heterocycles. The molecule has 0 spiro atoms. The van der Waals surface area contributed by atoms with E-state index in [2.05, 4.69) is 39.5 Å². The lowest BCUT2D eigenvalue weighted by atomic mass is 10.0. The molecule has 0 bridgehead atoms. The van der Waals surface area contributed by atoms with Crippen molar-refractivity contribution in [2.24, 2.45) is 0 Å². The number of aromatic nitrogens is 1. The van der Waals surface area contributed by atoms with E-state index in [4.69, 9.17) is 0 Å². The van der Waals surface area contributed by atoms with Gasteiger partial charge in [0.1, 0.15) is 4.88 Å². The first-order chi connectivity index (χ1) is 10.3. The number of fused-ring (bicyclic) bond motifs is 1. The molecule has 1 aromatic carbocycles. The molecule has 1 aromatic heterocycles. The molecule has 1 aliphatic heterocycles. The van der Waals surface area contributed by atoms with Crippen LogP contribution in [0.2, 0.25) is 0 Å². The fourth-order valence-corrected chi connectivity index (χ4v) is 3.47. The molecule has 1 N–H and O–H groups in total. The standard InChI is InChI=1S/C16H19N3OS/c1-12-15(21-11-18-12)16(20)17-8-10-19-9-4-6-13-5-2-3-7-14(13)19/h2-3,5,7,11H,4,6,8-10H2,1H3,(H,17,20). The van der Waals surface area contributed by atoms with Crippen molar-refractivity contribution in [2.45, 2.75) is 19.8 Å². The summed E-state index contributed by atoms with van der Waals surface area (Å²) in [7, 11) is 0. The van der Waals surface area contributed by atoms with Crippen LogP contribution in [0.3, 0.4) is 0 Å². The van der Waals surface area contributed by atoms with Gasteiger partial charge in [0.2, 0.25) is 0 Å². The second-order valence-electron chi connectivity index (χ2n) is 5.24. The Kier molecular flexibility index (Phi) is 4.20. The highest BCUT2D eigenvalue weighted by atomic mass is 32.1. The number of para-hydroxylation sites is 1. The average molecular weight is 301 g/mol. The van der Waals surface area contributed by atoms with E-state index in [9.17, 15) is 4.79 Å². The number of amides is 1. The van der Waals surface area contributed by atoms with Crippen molar-refractivity contribution in [3.8, 4) is 0 Å². The minimum Gasteiger partial charge on any atom is -0.370 e. The first-order valence-electron chi connectivity index (χ1n) is 7.27. The largest absolute Gasteiger partial charge is 0.370 e. The van der Waals surface area contributed by atoms with Crippen LogP contribution in [0.15, 0.2) is 29.8 Å². The number of hydrogen-bond donors (Lipinski definition) is 1. The number of rotatable bonds is 4. The normalized spacial score (nSPS) is 13.9. The molecule has 4 nitrogen and oxygen atoms in total. The maximum Gasteiger partial charge on any atom is 0.263 e. The van der Waals surface area contributed by atoms with Crippen LogP contribution in [0.1, 0.15) is 27.3 Å². The second-order valence-corrected chi connectivity index (χ2v) is 6.10. The van der Waals surface area contributed by atoms with Crippen LogP contribution in [0.5, 0.6) is 0 Å². The molecule has 0 unspecified atom stereocenters. The number of aryl methyl sites for hydroxylation is 2. The molecule has 5 heteroatoms. The van der Waals surface area contributed by atoms with E-state index in [1.807, 2.05) is 6.92 Å². The number of hydrogen-bond acceptors (Lipinski definition) is 4. The summed E-state index contributed by atoms with van der Waals surface area (Å²) < 4.78 is 0.